The van der Waals surface area contributed by atoms with Crippen LogP contribution in [-0.4, -0.2) is 18.2 Å². The van der Waals surface area contributed by atoms with E-state index in [0.29, 0.717) is 12.2 Å². The maximum atomic E-state index is 11.4. The summed E-state index contributed by atoms with van der Waals surface area (Å²) in [6.45, 7) is 0.475. The predicted molar refractivity (Wildman–Crippen MR) is 68.3 cm³/mol. The van der Waals surface area contributed by atoms with E-state index in [1.54, 1.807) is 29.1 Å². The molecule has 0 atom stereocenters. The van der Waals surface area contributed by atoms with Crippen molar-refractivity contribution in [3.8, 4) is 0 Å². The molecule has 7 heteroatoms. The van der Waals surface area contributed by atoms with Gasteiger partial charge in [0, 0.05) is 13.2 Å². The molecule has 0 aliphatic carbocycles. The summed E-state index contributed by atoms with van der Waals surface area (Å²) in [6.07, 6.45) is 1.68. The van der Waals surface area contributed by atoms with Crippen LogP contribution in [0.25, 0.3) is 0 Å². The van der Waals surface area contributed by atoms with Gasteiger partial charge in [-0.25, -0.2) is 13.6 Å². The zero-order valence-corrected chi connectivity index (χ0v) is 10.7. The third kappa shape index (κ3) is 2.69. The van der Waals surface area contributed by atoms with Gasteiger partial charge in [-0.1, -0.05) is 12.1 Å². The van der Waals surface area contributed by atoms with E-state index in [-0.39, 0.29) is 4.90 Å². The lowest BCUT2D eigenvalue weighted by atomic mass is 10.3. The Balaban J connectivity index is 2.23. The molecular weight excluding hydrogens is 252 g/mol. The Labute approximate surface area is 105 Å². The lowest BCUT2D eigenvalue weighted by molar-refractivity contribution is 0.598. The average molecular weight is 266 g/mol. The van der Waals surface area contributed by atoms with Crippen molar-refractivity contribution in [1.82, 2.24) is 9.78 Å². The van der Waals surface area contributed by atoms with Crippen LogP contribution in [0, 0.1) is 0 Å². The number of nitrogens with two attached hydrogens (primary N) is 1. The van der Waals surface area contributed by atoms with Crippen LogP contribution in [0.1, 0.15) is 5.69 Å². The Hall–Kier alpha value is -1.86. The number of hydrogen-bond donors (Lipinski definition) is 2. The third-order valence-corrected chi connectivity index (χ3v) is 3.55. The monoisotopic (exact) mass is 266 g/mol. The number of hydrogen-bond acceptors (Lipinski definition) is 4. The van der Waals surface area contributed by atoms with Crippen LogP contribution in [0.3, 0.4) is 0 Å². The lowest BCUT2D eigenvalue weighted by Crippen LogP contribution is -2.15. The largest absolute Gasteiger partial charge is 0.378 e. The summed E-state index contributed by atoms with van der Waals surface area (Å²) < 4.78 is 24.5. The molecule has 0 amide bonds. The smallest absolute Gasteiger partial charge is 0.240 e. The summed E-state index contributed by atoms with van der Waals surface area (Å²) in [4.78, 5) is 0.0900. The number of nitrogens with one attached hydrogen (secondary N) is 1. The van der Waals surface area contributed by atoms with Crippen LogP contribution in [0.4, 0.5) is 5.69 Å². The van der Waals surface area contributed by atoms with E-state index >= 15 is 0 Å². The number of aromatic nitrogens is 2. The molecule has 0 aliphatic heterocycles. The van der Waals surface area contributed by atoms with E-state index < -0.39 is 10.0 Å². The van der Waals surface area contributed by atoms with Gasteiger partial charge in [0.25, 0.3) is 0 Å². The summed E-state index contributed by atoms with van der Waals surface area (Å²) in [5.74, 6) is 0. The van der Waals surface area contributed by atoms with E-state index in [0.717, 1.165) is 5.69 Å². The van der Waals surface area contributed by atoms with Crippen molar-refractivity contribution in [2.24, 2.45) is 12.2 Å². The van der Waals surface area contributed by atoms with Crippen molar-refractivity contribution >= 4 is 15.7 Å². The maximum Gasteiger partial charge on any atom is 0.240 e. The lowest BCUT2D eigenvalue weighted by Gasteiger charge is -2.10. The molecule has 0 bridgehead atoms. The summed E-state index contributed by atoms with van der Waals surface area (Å²) >= 11 is 0. The van der Waals surface area contributed by atoms with E-state index in [1.807, 2.05) is 13.1 Å². The van der Waals surface area contributed by atoms with Gasteiger partial charge in [-0.2, -0.15) is 5.10 Å². The molecule has 1 heterocycles. The normalized spacial score (nSPS) is 11.4. The fourth-order valence-corrected chi connectivity index (χ4v) is 2.34. The van der Waals surface area contributed by atoms with Gasteiger partial charge in [0.1, 0.15) is 4.90 Å². The molecule has 3 N–H and O–H groups in total. The maximum absolute atomic E-state index is 11.4. The molecule has 0 saturated carbocycles. The minimum absolute atomic E-state index is 0.0900. The van der Waals surface area contributed by atoms with Crippen molar-refractivity contribution in [3.05, 3.63) is 42.2 Å². The van der Waals surface area contributed by atoms with E-state index in [9.17, 15) is 8.42 Å². The fourth-order valence-electron chi connectivity index (χ4n) is 1.62. The van der Waals surface area contributed by atoms with Crippen LogP contribution in [0.2, 0.25) is 0 Å². The molecule has 0 saturated heterocycles. The van der Waals surface area contributed by atoms with Gasteiger partial charge >= 0.3 is 0 Å². The van der Waals surface area contributed by atoms with Gasteiger partial charge in [-0.3, -0.25) is 4.68 Å². The summed E-state index contributed by atoms with van der Waals surface area (Å²) in [5.41, 5.74) is 1.43. The first-order valence-electron chi connectivity index (χ1n) is 5.31. The highest BCUT2D eigenvalue weighted by atomic mass is 32.2. The molecule has 0 unspecified atom stereocenters. The molecule has 2 aromatic rings. The van der Waals surface area contributed by atoms with Crippen LogP contribution >= 0.6 is 0 Å². The molecule has 0 radical (unpaired) electrons. The van der Waals surface area contributed by atoms with Gasteiger partial charge in [0.2, 0.25) is 10.0 Å². The number of sulfonamides is 1. The predicted octanol–water partition coefficient (Wildman–Crippen LogP) is 0.680. The van der Waals surface area contributed by atoms with Gasteiger partial charge in [-0.15, -0.1) is 0 Å². The molecular formula is C11H14N4O2S. The van der Waals surface area contributed by atoms with Crippen LogP contribution in [0.15, 0.2) is 41.4 Å². The van der Waals surface area contributed by atoms with Crippen LogP contribution in [0.5, 0.6) is 0 Å². The Morgan fingerprint density at radius 3 is 2.67 bits per heavy atom. The molecule has 1 aromatic carbocycles. The quantitative estimate of drug-likeness (QED) is 0.851. The van der Waals surface area contributed by atoms with Crippen molar-refractivity contribution in [2.75, 3.05) is 5.32 Å². The van der Waals surface area contributed by atoms with E-state index in [4.69, 9.17) is 5.14 Å². The second-order valence-corrected chi connectivity index (χ2v) is 5.37. The molecule has 0 fully saturated rings. The first kappa shape index (κ1) is 12.6. The number of nitrogens with zero attached hydrogens (tertiary/aromatic N) is 2. The third-order valence-electron chi connectivity index (χ3n) is 2.58. The minimum Gasteiger partial charge on any atom is -0.378 e. The fraction of sp³-hybridized carbons (Fsp3) is 0.182. The standard InChI is InChI=1S/C11H14N4O2S/c1-15-9(6-7-14-15)8-13-10-4-2-3-5-11(10)18(12,16)17/h2-7,13H,8H2,1H3,(H2,12,16,17). The van der Waals surface area contributed by atoms with Crippen molar-refractivity contribution in [3.63, 3.8) is 0 Å². The zero-order chi connectivity index (χ0) is 13.2. The van der Waals surface area contributed by atoms with Crippen molar-refractivity contribution in [1.29, 1.82) is 0 Å². The molecule has 0 spiro atoms. The Morgan fingerprint density at radius 1 is 1.33 bits per heavy atom. The van der Waals surface area contributed by atoms with Gasteiger partial charge < -0.3 is 5.32 Å². The highest BCUT2D eigenvalue weighted by molar-refractivity contribution is 7.89. The Kier molecular flexibility index (Phi) is 3.35. The molecule has 2 rings (SSSR count). The topological polar surface area (TPSA) is 90.0 Å². The second-order valence-electron chi connectivity index (χ2n) is 3.84. The number of benzene rings is 1. The van der Waals surface area contributed by atoms with Crippen LogP contribution < -0.4 is 10.5 Å². The number of primary sulfonamides is 1. The molecule has 18 heavy (non-hydrogen) atoms. The number of aryl methyl sites for hydroxylation is 1. The number of para-hydroxylation sites is 1. The summed E-state index contributed by atoms with van der Waals surface area (Å²) in [7, 11) is -1.90. The number of anilines is 1. The summed E-state index contributed by atoms with van der Waals surface area (Å²) in [5, 5.41) is 12.2. The SMILES string of the molecule is Cn1nccc1CNc1ccccc1S(N)(=O)=O. The number of rotatable bonds is 4. The van der Waals surface area contributed by atoms with E-state index in [2.05, 4.69) is 10.4 Å². The van der Waals surface area contributed by atoms with Gasteiger partial charge in [-0.05, 0) is 18.2 Å². The first-order chi connectivity index (χ1) is 8.48. The molecule has 0 aliphatic rings. The zero-order valence-electron chi connectivity index (χ0n) is 9.87. The van der Waals surface area contributed by atoms with E-state index in [1.165, 1.54) is 6.07 Å². The van der Waals surface area contributed by atoms with Gasteiger partial charge in [0.05, 0.1) is 17.9 Å². The van der Waals surface area contributed by atoms with Crippen molar-refractivity contribution in [2.45, 2.75) is 11.4 Å². The summed E-state index contributed by atoms with van der Waals surface area (Å²) in [6, 6.07) is 8.39. The first-order valence-corrected chi connectivity index (χ1v) is 6.85. The molecule has 6 nitrogen and oxygen atoms in total. The Morgan fingerprint density at radius 2 is 2.06 bits per heavy atom. The minimum atomic E-state index is -3.72. The highest BCUT2D eigenvalue weighted by Crippen LogP contribution is 2.19. The van der Waals surface area contributed by atoms with Crippen molar-refractivity contribution < 1.29 is 8.42 Å². The molecule has 96 valence electrons. The highest BCUT2D eigenvalue weighted by Gasteiger charge is 2.12. The second kappa shape index (κ2) is 4.79. The average Bonchev–Trinajstić information content (AvgIpc) is 2.71. The van der Waals surface area contributed by atoms with Crippen LogP contribution in [-0.2, 0) is 23.6 Å². The Bertz CT molecular complexity index is 649. The van der Waals surface area contributed by atoms with Gasteiger partial charge in [0.15, 0.2) is 0 Å². The molecule has 1 aromatic heterocycles.